The SMILES string of the molecule is CCNC(=NCCCOCC(C)C)NCCCN1CC(C)OC(C)C1.I. The highest BCUT2D eigenvalue weighted by Gasteiger charge is 2.21. The van der Waals surface area contributed by atoms with Crippen LogP contribution in [0.1, 0.15) is 47.5 Å². The van der Waals surface area contributed by atoms with Gasteiger partial charge in [-0.05, 0) is 39.5 Å². The van der Waals surface area contributed by atoms with E-state index in [2.05, 4.69) is 55.1 Å². The number of ether oxygens (including phenoxy) is 2. The molecule has 1 saturated heterocycles. The number of hydrogen-bond acceptors (Lipinski definition) is 4. The molecular weight excluding hydrogens is 443 g/mol. The number of nitrogens with zero attached hydrogens (tertiary/aromatic N) is 2. The van der Waals surface area contributed by atoms with Crippen molar-refractivity contribution in [3.05, 3.63) is 0 Å². The molecule has 26 heavy (non-hydrogen) atoms. The third-order valence-corrected chi connectivity index (χ3v) is 3.95. The van der Waals surface area contributed by atoms with Gasteiger partial charge in [-0.15, -0.1) is 24.0 Å². The van der Waals surface area contributed by atoms with E-state index >= 15 is 0 Å². The van der Waals surface area contributed by atoms with Crippen LogP contribution >= 0.6 is 24.0 Å². The molecule has 0 aliphatic carbocycles. The summed E-state index contributed by atoms with van der Waals surface area (Å²) < 4.78 is 11.4. The van der Waals surface area contributed by atoms with Gasteiger partial charge < -0.3 is 20.1 Å². The summed E-state index contributed by atoms with van der Waals surface area (Å²) >= 11 is 0. The van der Waals surface area contributed by atoms with Crippen molar-refractivity contribution in [2.45, 2.75) is 59.7 Å². The Morgan fingerprint density at radius 1 is 1.19 bits per heavy atom. The predicted octanol–water partition coefficient (Wildman–Crippen LogP) is 2.72. The maximum absolute atomic E-state index is 5.78. The molecule has 2 atom stereocenters. The zero-order chi connectivity index (χ0) is 18.5. The first-order valence-electron chi connectivity index (χ1n) is 9.99. The maximum atomic E-state index is 5.78. The monoisotopic (exact) mass is 484 g/mol. The van der Waals surface area contributed by atoms with Crippen LogP contribution in [0.3, 0.4) is 0 Å². The molecule has 1 aliphatic rings. The lowest BCUT2D eigenvalue weighted by Gasteiger charge is -2.35. The zero-order valence-electron chi connectivity index (χ0n) is 17.4. The third-order valence-electron chi connectivity index (χ3n) is 3.95. The van der Waals surface area contributed by atoms with Crippen molar-refractivity contribution in [1.82, 2.24) is 15.5 Å². The van der Waals surface area contributed by atoms with Crippen LogP contribution in [-0.2, 0) is 9.47 Å². The van der Waals surface area contributed by atoms with E-state index in [4.69, 9.17) is 9.47 Å². The molecule has 0 aromatic heterocycles. The van der Waals surface area contributed by atoms with Crippen molar-refractivity contribution in [3.8, 4) is 0 Å². The molecule has 7 heteroatoms. The number of rotatable bonds is 11. The van der Waals surface area contributed by atoms with E-state index in [1.165, 1.54) is 0 Å². The quantitative estimate of drug-likeness (QED) is 0.205. The van der Waals surface area contributed by atoms with Gasteiger partial charge >= 0.3 is 0 Å². The average Bonchev–Trinajstić information content (AvgIpc) is 2.53. The van der Waals surface area contributed by atoms with Crippen LogP contribution in [0.15, 0.2) is 4.99 Å². The highest BCUT2D eigenvalue weighted by molar-refractivity contribution is 14.0. The zero-order valence-corrected chi connectivity index (χ0v) is 19.8. The van der Waals surface area contributed by atoms with Crippen LogP contribution in [0.5, 0.6) is 0 Å². The molecule has 0 bridgehead atoms. The van der Waals surface area contributed by atoms with Gasteiger partial charge in [0, 0.05) is 52.5 Å². The lowest BCUT2D eigenvalue weighted by molar-refractivity contribution is -0.0679. The summed E-state index contributed by atoms with van der Waals surface area (Å²) in [5.41, 5.74) is 0. The predicted molar refractivity (Wildman–Crippen MR) is 121 cm³/mol. The van der Waals surface area contributed by atoms with Crippen LogP contribution in [0, 0.1) is 5.92 Å². The Morgan fingerprint density at radius 3 is 2.50 bits per heavy atom. The Labute approximate surface area is 177 Å². The molecule has 1 aliphatic heterocycles. The minimum Gasteiger partial charge on any atom is -0.381 e. The summed E-state index contributed by atoms with van der Waals surface area (Å²) in [5, 5.41) is 6.74. The van der Waals surface area contributed by atoms with Crippen molar-refractivity contribution in [2.24, 2.45) is 10.9 Å². The van der Waals surface area contributed by atoms with E-state index in [-0.39, 0.29) is 24.0 Å². The summed E-state index contributed by atoms with van der Waals surface area (Å²) in [5.74, 6) is 1.51. The first-order valence-corrected chi connectivity index (χ1v) is 9.99. The second-order valence-electron chi connectivity index (χ2n) is 7.38. The maximum Gasteiger partial charge on any atom is 0.191 e. The molecule has 156 valence electrons. The Bertz CT molecular complexity index is 359. The lowest BCUT2D eigenvalue weighted by atomic mass is 10.2. The van der Waals surface area contributed by atoms with Crippen molar-refractivity contribution >= 4 is 29.9 Å². The molecule has 1 heterocycles. The largest absolute Gasteiger partial charge is 0.381 e. The Morgan fingerprint density at radius 2 is 1.88 bits per heavy atom. The molecule has 6 nitrogen and oxygen atoms in total. The number of halogens is 1. The lowest BCUT2D eigenvalue weighted by Crippen LogP contribution is -2.46. The minimum atomic E-state index is 0. The molecule has 0 aromatic rings. The van der Waals surface area contributed by atoms with E-state index in [0.717, 1.165) is 71.3 Å². The van der Waals surface area contributed by atoms with E-state index in [9.17, 15) is 0 Å². The molecule has 2 N–H and O–H groups in total. The second kappa shape index (κ2) is 15.9. The standard InChI is InChI=1S/C19H40N4O2.HI/c1-6-20-19(22-10-8-12-24-15-16(2)3)21-9-7-11-23-13-17(4)25-18(5)14-23;/h16-18H,6-15H2,1-5H3,(H2,20,21,22);1H. The van der Waals surface area contributed by atoms with E-state index in [1.807, 2.05) is 0 Å². The van der Waals surface area contributed by atoms with Gasteiger partial charge in [-0.2, -0.15) is 0 Å². The molecule has 0 spiro atoms. The molecule has 0 aromatic carbocycles. The highest BCUT2D eigenvalue weighted by Crippen LogP contribution is 2.10. The van der Waals surface area contributed by atoms with Gasteiger partial charge in [-0.25, -0.2) is 0 Å². The summed E-state index contributed by atoms with van der Waals surface area (Å²) in [6.07, 6.45) is 2.76. The summed E-state index contributed by atoms with van der Waals surface area (Å²) in [6.45, 7) is 18.2. The van der Waals surface area contributed by atoms with Crippen LogP contribution in [0.2, 0.25) is 0 Å². The minimum absolute atomic E-state index is 0. The van der Waals surface area contributed by atoms with E-state index in [1.54, 1.807) is 0 Å². The first kappa shape index (κ1) is 25.9. The van der Waals surface area contributed by atoms with Gasteiger partial charge in [0.1, 0.15) is 0 Å². The summed E-state index contributed by atoms with van der Waals surface area (Å²) in [7, 11) is 0. The number of nitrogens with one attached hydrogen (secondary N) is 2. The van der Waals surface area contributed by atoms with Gasteiger partial charge in [0.25, 0.3) is 0 Å². The van der Waals surface area contributed by atoms with Gasteiger partial charge in [-0.3, -0.25) is 9.89 Å². The summed E-state index contributed by atoms with van der Waals surface area (Å²) in [6, 6.07) is 0. The normalized spacial score (nSPS) is 21.5. The highest BCUT2D eigenvalue weighted by atomic mass is 127. The fourth-order valence-corrected chi connectivity index (χ4v) is 2.99. The van der Waals surface area contributed by atoms with Crippen molar-refractivity contribution < 1.29 is 9.47 Å². The number of morpholine rings is 1. The smallest absolute Gasteiger partial charge is 0.191 e. The average molecular weight is 484 g/mol. The molecule has 1 rings (SSSR count). The molecule has 0 amide bonds. The number of aliphatic imine (C=N–C) groups is 1. The van der Waals surface area contributed by atoms with Gasteiger partial charge in [-0.1, -0.05) is 13.8 Å². The van der Waals surface area contributed by atoms with Crippen molar-refractivity contribution in [3.63, 3.8) is 0 Å². The Balaban J connectivity index is 0.00000625. The van der Waals surface area contributed by atoms with E-state index in [0.29, 0.717) is 18.1 Å². The molecule has 0 saturated carbocycles. The number of guanidine groups is 1. The van der Waals surface area contributed by atoms with Gasteiger partial charge in [0.15, 0.2) is 5.96 Å². The van der Waals surface area contributed by atoms with Crippen LogP contribution in [0.25, 0.3) is 0 Å². The first-order chi connectivity index (χ1) is 12.0. The number of hydrogen-bond donors (Lipinski definition) is 2. The third kappa shape index (κ3) is 13.1. The fourth-order valence-electron chi connectivity index (χ4n) is 2.99. The van der Waals surface area contributed by atoms with E-state index < -0.39 is 0 Å². The van der Waals surface area contributed by atoms with Gasteiger partial charge in [0.05, 0.1) is 12.2 Å². The second-order valence-corrected chi connectivity index (χ2v) is 7.38. The van der Waals surface area contributed by atoms with Crippen molar-refractivity contribution in [2.75, 3.05) is 52.5 Å². The Kier molecular flexibility index (Phi) is 15.8. The van der Waals surface area contributed by atoms with Crippen LogP contribution in [0.4, 0.5) is 0 Å². The van der Waals surface area contributed by atoms with Gasteiger partial charge in [0.2, 0.25) is 0 Å². The Hall–Kier alpha value is -0.120. The van der Waals surface area contributed by atoms with Crippen LogP contribution in [-0.4, -0.2) is 75.5 Å². The van der Waals surface area contributed by atoms with Crippen LogP contribution < -0.4 is 10.6 Å². The topological polar surface area (TPSA) is 58.1 Å². The molecule has 2 unspecified atom stereocenters. The fraction of sp³-hybridized carbons (Fsp3) is 0.947. The van der Waals surface area contributed by atoms with Crippen molar-refractivity contribution in [1.29, 1.82) is 0 Å². The summed E-state index contributed by atoms with van der Waals surface area (Å²) in [4.78, 5) is 7.12. The molecule has 1 fully saturated rings. The molecular formula is C19H41IN4O2. The molecule has 0 radical (unpaired) electrons.